The van der Waals surface area contributed by atoms with E-state index in [1.165, 1.54) is 13.8 Å². The molecule has 1 saturated heterocycles. The molecule has 0 aromatic heterocycles. The van der Waals surface area contributed by atoms with Crippen molar-refractivity contribution >= 4 is 24.1 Å². The molecular weight excluding hydrogens is 286 g/mol. The van der Waals surface area contributed by atoms with Gasteiger partial charge < -0.3 is 24.2 Å². The maximum Gasteiger partial charge on any atom is 0.303 e. The number of esters is 3. The van der Waals surface area contributed by atoms with Crippen LogP contribution in [0.15, 0.2) is 5.16 Å². The van der Waals surface area contributed by atoms with Crippen LogP contribution in [0.2, 0.25) is 0 Å². The van der Waals surface area contributed by atoms with Crippen molar-refractivity contribution in [3.8, 4) is 0 Å². The quantitative estimate of drug-likeness (QED) is 0.246. The van der Waals surface area contributed by atoms with Crippen molar-refractivity contribution in [3.05, 3.63) is 0 Å². The summed E-state index contributed by atoms with van der Waals surface area (Å²) in [5.41, 5.74) is 0. The van der Waals surface area contributed by atoms with Gasteiger partial charge in [-0.3, -0.25) is 14.4 Å². The highest BCUT2D eigenvalue weighted by Gasteiger charge is 2.46. The first-order valence-corrected chi connectivity index (χ1v) is 6.16. The molecule has 1 rings (SSSR count). The first kappa shape index (κ1) is 16.9. The molecule has 4 atom stereocenters. The van der Waals surface area contributed by atoms with E-state index < -0.39 is 42.3 Å². The summed E-state index contributed by atoms with van der Waals surface area (Å²) < 4.78 is 20.4. The number of rotatable bonds is 4. The first-order chi connectivity index (χ1) is 9.85. The van der Waals surface area contributed by atoms with E-state index in [1.54, 1.807) is 0 Å². The monoisotopic (exact) mass is 303 g/mol. The van der Waals surface area contributed by atoms with Crippen LogP contribution < -0.4 is 0 Å². The molecule has 9 nitrogen and oxygen atoms in total. The van der Waals surface area contributed by atoms with Gasteiger partial charge in [0, 0.05) is 20.8 Å². The van der Waals surface area contributed by atoms with Crippen molar-refractivity contribution in [2.24, 2.45) is 5.16 Å². The van der Waals surface area contributed by atoms with Crippen LogP contribution in [0.1, 0.15) is 20.8 Å². The molecule has 0 spiro atoms. The third kappa shape index (κ3) is 5.03. The molecule has 21 heavy (non-hydrogen) atoms. The molecule has 0 unspecified atom stereocenters. The summed E-state index contributed by atoms with van der Waals surface area (Å²) in [7, 11) is 0. The zero-order valence-corrected chi connectivity index (χ0v) is 11.8. The van der Waals surface area contributed by atoms with Crippen LogP contribution in [-0.2, 0) is 33.3 Å². The van der Waals surface area contributed by atoms with Crippen molar-refractivity contribution in [1.29, 1.82) is 0 Å². The third-order valence-corrected chi connectivity index (χ3v) is 2.60. The van der Waals surface area contributed by atoms with Crippen molar-refractivity contribution in [2.75, 3.05) is 6.61 Å². The fourth-order valence-electron chi connectivity index (χ4n) is 1.96. The minimum absolute atomic E-state index is 0.105. The molecule has 1 fully saturated rings. The van der Waals surface area contributed by atoms with Crippen LogP contribution in [-0.4, -0.2) is 60.4 Å². The van der Waals surface area contributed by atoms with E-state index >= 15 is 0 Å². The van der Waals surface area contributed by atoms with E-state index in [2.05, 4.69) is 5.16 Å². The van der Waals surface area contributed by atoms with Gasteiger partial charge in [-0.05, 0) is 0 Å². The Labute approximate surface area is 120 Å². The van der Waals surface area contributed by atoms with Gasteiger partial charge in [0.2, 0.25) is 0 Å². The maximum absolute atomic E-state index is 11.2. The third-order valence-electron chi connectivity index (χ3n) is 2.60. The van der Waals surface area contributed by atoms with Crippen molar-refractivity contribution < 1.29 is 38.5 Å². The second-order valence-corrected chi connectivity index (χ2v) is 4.36. The Balaban J connectivity index is 3.03. The Bertz CT molecular complexity index is 435. The molecule has 0 aromatic carbocycles. The summed E-state index contributed by atoms with van der Waals surface area (Å²) in [4.78, 5) is 33.5. The highest BCUT2D eigenvalue weighted by molar-refractivity contribution is 5.70. The molecular formula is C12H17NO8. The molecule has 0 aromatic rings. The lowest BCUT2D eigenvalue weighted by Gasteiger charge is -2.39. The number of oxime groups is 1. The molecule has 1 N–H and O–H groups in total. The highest BCUT2D eigenvalue weighted by atomic mass is 16.6. The first-order valence-electron chi connectivity index (χ1n) is 6.16. The summed E-state index contributed by atoms with van der Waals surface area (Å²) in [6.45, 7) is 3.41. The number of carbonyl (C=O) groups is 3. The van der Waals surface area contributed by atoms with E-state index in [-0.39, 0.29) is 6.61 Å². The fourth-order valence-corrected chi connectivity index (χ4v) is 1.96. The molecule has 118 valence electrons. The Morgan fingerprint density at radius 2 is 1.57 bits per heavy atom. The lowest BCUT2D eigenvalue weighted by Crippen LogP contribution is -2.57. The predicted molar refractivity (Wildman–Crippen MR) is 66.7 cm³/mol. The van der Waals surface area contributed by atoms with Crippen molar-refractivity contribution in [1.82, 2.24) is 0 Å². The molecule has 0 bridgehead atoms. The van der Waals surface area contributed by atoms with Gasteiger partial charge in [-0.1, -0.05) is 5.16 Å². The van der Waals surface area contributed by atoms with E-state index in [4.69, 9.17) is 24.2 Å². The van der Waals surface area contributed by atoms with Crippen LogP contribution in [0, 0.1) is 0 Å². The summed E-state index contributed by atoms with van der Waals surface area (Å²) >= 11 is 0. The molecule has 1 heterocycles. The average molecular weight is 303 g/mol. The van der Waals surface area contributed by atoms with E-state index in [9.17, 15) is 14.4 Å². The lowest BCUT2D eigenvalue weighted by molar-refractivity contribution is -0.215. The van der Waals surface area contributed by atoms with Gasteiger partial charge in [-0.25, -0.2) is 0 Å². The van der Waals surface area contributed by atoms with Gasteiger partial charge >= 0.3 is 17.9 Å². The number of nitrogens with zero attached hydrogens (tertiary/aromatic N) is 1. The zero-order valence-electron chi connectivity index (χ0n) is 11.8. The number of carbonyl (C=O) groups excluding carboxylic acids is 3. The maximum atomic E-state index is 11.2. The highest BCUT2D eigenvalue weighted by Crippen LogP contribution is 2.23. The molecule has 1 aliphatic heterocycles. The van der Waals surface area contributed by atoms with Gasteiger partial charge in [0.25, 0.3) is 0 Å². The van der Waals surface area contributed by atoms with Crippen molar-refractivity contribution in [3.63, 3.8) is 0 Å². The Hall–Kier alpha value is -2.16. The van der Waals surface area contributed by atoms with Gasteiger partial charge in [0.05, 0.1) is 12.8 Å². The SMILES string of the molecule is CC(=O)O[C@H]1[C@H](OC(C)=O)[C@H](OC(C)=O)CO[C@@H]1/C=N/O. The topological polar surface area (TPSA) is 121 Å². The minimum Gasteiger partial charge on any atom is -0.456 e. The number of hydrogen-bond donors (Lipinski definition) is 1. The van der Waals surface area contributed by atoms with Crippen LogP contribution in [0.3, 0.4) is 0 Å². The second kappa shape index (κ2) is 7.58. The molecule has 0 amide bonds. The molecule has 1 aliphatic rings. The average Bonchev–Trinajstić information content (AvgIpc) is 2.35. The summed E-state index contributed by atoms with van der Waals surface area (Å²) in [6, 6.07) is 0. The standard InChI is InChI=1S/C12H17NO8/c1-6(14)19-10-5-18-9(4-13-17)11(20-7(2)15)12(10)21-8(3)16/h4,9-12,17H,5H2,1-3H3/b13-4+/t9-,10-,11-,12-/m1/s1. The lowest BCUT2D eigenvalue weighted by atomic mass is 10.00. The van der Waals surface area contributed by atoms with Crippen LogP contribution in [0.25, 0.3) is 0 Å². The molecule has 0 radical (unpaired) electrons. The second-order valence-electron chi connectivity index (χ2n) is 4.36. The van der Waals surface area contributed by atoms with Crippen LogP contribution in [0.4, 0.5) is 0 Å². The molecule has 0 saturated carbocycles. The van der Waals surface area contributed by atoms with Gasteiger partial charge in [0.15, 0.2) is 18.3 Å². The smallest absolute Gasteiger partial charge is 0.303 e. The van der Waals surface area contributed by atoms with Gasteiger partial charge in [-0.2, -0.15) is 0 Å². The number of hydrogen-bond acceptors (Lipinski definition) is 9. The predicted octanol–water partition coefficient (Wildman–Crippen LogP) is -0.360. The number of ether oxygens (including phenoxy) is 4. The summed E-state index contributed by atoms with van der Waals surface area (Å²) in [6.07, 6.45) is -3.03. The van der Waals surface area contributed by atoms with Crippen molar-refractivity contribution in [2.45, 2.75) is 45.2 Å². The molecule has 0 aliphatic carbocycles. The summed E-state index contributed by atoms with van der Waals surface area (Å²) in [5.74, 6) is -1.90. The van der Waals surface area contributed by atoms with E-state index in [1.807, 2.05) is 0 Å². The fraction of sp³-hybridized carbons (Fsp3) is 0.667. The Morgan fingerprint density at radius 1 is 1.05 bits per heavy atom. The zero-order chi connectivity index (χ0) is 16.0. The van der Waals surface area contributed by atoms with Crippen LogP contribution >= 0.6 is 0 Å². The summed E-state index contributed by atoms with van der Waals surface area (Å²) in [5, 5.41) is 11.4. The molecule has 9 heteroatoms. The Morgan fingerprint density at radius 3 is 2.05 bits per heavy atom. The Kier molecular flexibility index (Phi) is 6.10. The van der Waals surface area contributed by atoms with E-state index in [0.29, 0.717) is 0 Å². The van der Waals surface area contributed by atoms with Gasteiger partial charge in [0.1, 0.15) is 6.10 Å². The minimum atomic E-state index is -1.10. The van der Waals surface area contributed by atoms with Gasteiger partial charge in [-0.15, -0.1) is 0 Å². The van der Waals surface area contributed by atoms with E-state index in [0.717, 1.165) is 13.1 Å². The largest absolute Gasteiger partial charge is 0.456 e. The van der Waals surface area contributed by atoms with Crippen LogP contribution in [0.5, 0.6) is 0 Å². The normalized spacial score (nSPS) is 28.9.